The third-order valence-electron chi connectivity index (χ3n) is 4.67. The van der Waals surface area contributed by atoms with Gasteiger partial charge in [0.25, 0.3) is 0 Å². The predicted octanol–water partition coefficient (Wildman–Crippen LogP) is 2.51. The maximum Gasteiger partial charge on any atom is 0.185 e. The summed E-state index contributed by atoms with van der Waals surface area (Å²) < 4.78 is 7.31. The number of nitrogens with zero attached hydrogens (tertiary/aromatic N) is 4. The molecule has 0 saturated heterocycles. The Balaban J connectivity index is 1.98. The molecule has 2 aromatic rings. The molecule has 1 saturated carbocycles. The van der Waals surface area contributed by atoms with E-state index in [1.165, 1.54) is 19.3 Å². The maximum atomic E-state index is 5.98. The summed E-state index contributed by atoms with van der Waals surface area (Å²) in [4.78, 5) is 0. The maximum absolute atomic E-state index is 5.98. The zero-order valence-electron chi connectivity index (χ0n) is 12.5. The van der Waals surface area contributed by atoms with Crippen LogP contribution in [-0.2, 0) is 6.54 Å². The van der Waals surface area contributed by atoms with Crippen molar-refractivity contribution in [2.45, 2.75) is 39.2 Å². The molecule has 1 aromatic carbocycles. The fourth-order valence-corrected chi connectivity index (χ4v) is 3.08. The van der Waals surface area contributed by atoms with E-state index in [1.54, 1.807) is 7.11 Å². The Morgan fingerprint density at radius 2 is 2.19 bits per heavy atom. The average Bonchev–Trinajstić information content (AvgIpc) is 2.90. The van der Waals surface area contributed by atoms with Gasteiger partial charge in [0.1, 0.15) is 0 Å². The first-order valence-corrected chi connectivity index (χ1v) is 7.38. The summed E-state index contributed by atoms with van der Waals surface area (Å²) in [6.45, 7) is 3.09. The molecule has 21 heavy (non-hydrogen) atoms. The number of hydrogen-bond acceptors (Lipinski definition) is 5. The summed E-state index contributed by atoms with van der Waals surface area (Å²) >= 11 is 0. The summed E-state index contributed by atoms with van der Waals surface area (Å²) in [7, 11) is 1.61. The van der Waals surface area contributed by atoms with Crippen LogP contribution >= 0.6 is 0 Å². The number of anilines is 1. The van der Waals surface area contributed by atoms with Crippen LogP contribution in [0.4, 0.5) is 5.69 Å². The molecule has 1 aromatic heterocycles. The molecule has 112 valence electrons. The SMILES string of the molecule is CCC1(Cn2nnnc2-c2cccc(N)c2OC)CCC1. The van der Waals surface area contributed by atoms with E-state index in [1.807, 2.05) is 22.9 Å². The van der Waals surface area contributed by atoms with E-state index in [2.05, 4.69) is 22.4 Å². The van der Waals surface area contributed by atoms with E-state index < -0.39 is 0 Å². The van der Waals surface area contributed by atoms with Gasteiger partial charge in [0, 0.05) is 0 Å². The van der Waals surface area contributed by atoms with Crippen molar-refractivity contribution in [3.8, 4) is 17.1 Å². The van der Waals surface area contributed by atoms with E-state index in [4.69, 9.17) is 10.5 Å². The van der Waals surface area contributed by atoms with Crippen molar-refractivity contribution in [1.82, 2.24) is 20.2 Å². The quantitative estimate of drug-likeness (QED) is 0.855. The third kappa shape index (κ3) is 2.34. The number of nitrogen functional groups attached to an aromatic ring is 1. The molecule has 0 bridgehead atoms. The second kappa shape index (κ2) is 5.35. The van der Waals surface area contributed by atoms with Crippen molar-refractivity contribution in [2.75, 3.05) is 12.8 Å². The highest BCUT2D eigenvalue weighted by atomic mass is 16.5. The molecule has 6 nitrogen and oxygen atoms in total. The molecule has 1 aliphatic carbocycles. The number of benzene rings is 1. The van der Waals surface area contributed by atoms with Gasteiger partial charge in [-0.25, -0.2) is 4.68 Å². The Morgan fingerprint density at radius 1 is 1.38 bits per heavy atom. The minimum Gasteiger partial charge on any atom is -0.494 e. The molecule has 0 radical (unpaired) electrons. The van der Waals surface area contributed by atoms with Crippen molar-refractivity contribution < 1.29 is 4.74 Å². The van der Waals surface area contributed by atoms with Crippen LogP contribution < -0.4 is 10.5 Å². The van der Waals surface area contributed by atoms with Gasteiger partial charge in [0.15, 0.2) is 11.6 Å². The monoisotopic (exact) mass is 287 g/mol. The molecule has 1 aliphatic rings. The highest BCUT2D eigenvalue weighted by Crippen LogP contribution is 2.45. The average molecular weight is 287 g/mol. The molecule has 3 rings (SSSR count). The number of methoxy groups -OCH3 is 1. The van der Waals surface area contributed by atoms with E-state index in [0.717, 1.165) is 24.4 Å². The summed E-state index contributed by atoms with van der Waals surface area (Å²) in [6.07, 6.45) is 4.95. The zero-order chi connectivity index (χ0) is 14.9. The van der Waals surface area contributed by atoms with Gasteiger partial charge in [-0.2, -0.15) is 0 Å². The summed E-state index contributed by atoms with van der Waals surface area (Å²) in [5.74, 6) is 1.35. The molecule has 1 heterocycles. The van der Waals surface area contributed by atoms with Crippen LogP contribution in [0.1, 0.15) is 32.6 Å². The highest BCUT2D eigenvalue weighted by Gasteiger charge is 2.36. The first-order chi connectivity index (χ1) is 10.2. The van der Waals surface area contributed by atoms with Gasteiger partial charge in [-0.3, -0.25) is 0 Å². The molecule has 0 atom stereocenters. The van der Waals surface area contributed by atoms with Gasteiger partial charge in [-0.05, 0) is 47.2 Å². The second-order valence-electron chi connectivity index (χ2n) is 5.80. The van der Waals surface area contributed by atoms with Gasteiger partial charge in [0.05, 0.1) is 24.9 Å². The van der Waals surface area contributed by atoms with Gasteiger partial charge in [-0.15, -0.1) is 5.10 Å². The Kier molecular flexibility index (Phi) is 3.53. The molecule has 6 heteroatoms. The van der Waals surface area contributed by atoms with Crippen molar-refractivity contribution >= 4 is 5.69 Å². The van der Waals surface area contributed by atoms with Gasteiger partial charge < -0.3 is 10.5 Å². The van der Waals surface area contributed by atoms with Crippen LogP contribution in [0, 0.1) is 5.41 Å². The molecule has 0 spiro atoms. The molecule has 2 N–H and O–H groups in total. The number of ether oxygens (including phenoxy) is 1. The standard InChI is InChI=1S/C15H21N5O/c1-3-15(8-5-9-15)10-20-14(17-18-19-20)11-6-4-7-12(16)13(11)21-2/h4,6-7H,3,5,8-10,16H2,1-2H3. The number of hydrogen-bond donors (Lipinski definition) is 1. The molecule has 0 aliphatic heterocycles. The lowest BCUT2D eigenvalue weighted by Crippen LogP contribution is -2.34. The van der Waals surface area contributed by atoms with Crippen molar-refractivity contribution in [3.63, 3.8) is 0 Å². The first kappa shape index (κ1) is 13.9. The van der Waals surface area contributed by atoms with E-state index >= 15 is 0 Å². The fourth-order valence-electron chi connectivity index (χ4n) is 3.08. The lowest BCUT2D eigenvalue weighted by molar-refractivity contribution is 0.0948. The smallest absolute Gasteiger partial charge is 0.185 e. The van der Waals surface area contributed by atoms with Crippen LogP contribution in [0.25, 0.3) is 11.4 Å². The molecular weight excluding hydrogens is 266 g/mol. The van der Waals surface area contributed by atoms with Crippen LogP contribution in [0.15, 0.2) is 18.2 Å². The predicted molar refractivity (Wildman–Crippen MR) is 80.8 cm³/mol. The van der Waals surface area contributed by atoms with Crippen LogP contribution in [-0.4, -0.2) is 27.3 Å². The molecule has 0 unspecified atom stereocenters. The van der Waals surface area contributed by atoms with E-state index in [0.29, 0.717) is 16.9 Å². The Labute approximate surface area is 124 Å². The minimum atomic E-state index is 0.345. The van der Waals surface area contributed by atoms with E-state index in [9.17, 15) is 0 Å². The largest absolute Gasteiger partial charge is 0.494 e. The fraction of sp³-hybridized carbons (Fsp3) is 0.533. The minimum absolute atomic E-state index is 0.345. The molecular formula is C15H21N5O. The van der Waals surface area contributed by atoms with Crippen molar-refractivity contribution in [2.24, 2.45) is 5.41 Å². The number of tetrazole rings is 1. The zero-order valence-corrected chi connectivity index (χ0v) is 12.5. The molecule has 1 fully saturated rings. The summed E-state index contributed by atoms with van der Waals surface area (Å²) in [6, 6.07) is 5.65. The lowest BCUT2D eigenvalue weighted by Gasteiger charge is -2.41. The Bertz CT molecular complexity index is 627. The normalized spacial score (nSPS) is 16.5. The van der Waals surface area contributed by atoms with Crippen molar-refractivity contribution in [1.29, 1.82) is 0 Å². The Hall–Kier alpha value is -2.11. The number of para-hydroxylation sites is 1. The first-order valence-electron chi connectivity index (χ1n) is 7.38. The molecule has 0 amide bonds. The van der Waals surface area contributed by atoms with Gasteiger partial charge in [-0.1, -0.05) is 19.4 Å². The number of nitrogens with two attached hydrogens (primary N) is 1. The number of aromatic nitrogens is 4. The summed E-state index contributed by atoms with van der Waals surface area (Å²) in [5.41, 5.74) is 7.76. The lowest BCUT2D eigenvalue weighted by atomic mass is 9.67. The van der Waals surface area contributed by atoms with Gasteiger partial charge >= 0.3 is 0 Å². The van der Waals surface area contributed by atoms with Gasteiger partial charge in [0.2, 0.25) is 0 Å². The van der Waals surface area contributed by atoms with E-state index in [-0.39, 0.29) is 0 Å². The number of rotatable bonds is 5. The highest BCUT2D eigenvalue weighted by molar-refractivity contribution is 5.73. The van der Waals surface area contributed by atoms with Crippen LogP contribution in [0.2, 0.25) is 0 Å². The van der Waals surface area contributed by atoms with Crippen LogP contribution in [0.5, 0.6) is 5.75 Å². The topological polar surface area (TPSA) is 78.9 Å². The second-order valence-corrected chi connectivity index (χ2v) is 5.80. The Morgan fingerprint density at radius 3 is 2.81 bits per heavy atom. The summed E-state index contributed by atoms with van der Waals surface area (Å²) in [5, 5.41) is 12.2. The van der Waals surface area contributed by atoms with Crippen molar-refractivity contribution in [3.05, 3.63) is 18.2 Å². The third-order valence-corrected chi connectivity index (χ3v) is 4.67. The van der Waals surface area contributed by atoms with Crippen LogP contribution in [0.3, 0.4) is 0 Å².